The molecule has 0 amide bonds. The van der Waals surface area contributed by atoms with Gasteiger partial charge in [-0.15, -0.1) is 0 Å². The van der Waals surface area contributed by atoms with Crippen molar-refractivity contribution in [1.29, 1.82) is 0 Å². The van der Waals surface area contributed by atoms with Gasteiger partial charge in [-0.3, -0.25) is 4.98 Å². The second-order valence-electron chi connectivity index (χ2n) is 4.62. The maximum atomic E-state index is 12.1. The highest BCUT2D eigenvalue weighted by molar-refractivity contribution is 5.33. The number of hydrogen-bond acceptors (Lipinski definition) is 2. The molecule has 0 fully saturated rings. The fraction of sp³-hybridized carbons (Fsp3) is 0.615. The van der Waals surface area contributed by atoms with Crippen LogP contribution in [0.25, 0.3) is 0 Å². The summed E-state index contributed by atoms with van der Waals surface area (Å²) in [4.78, 5) is 4.35. The first-order chi connectivity index (χ1) is 8.20. The summed E-state index contributed by atoms with van der Waals surface area (Å²) in [6, 6.07) is 1.82. The van der Waals surface area contributed by atoms with Gasteiger partial charge in [0, 0.05) is 24.0 Å². The van der Waals surface area contributed by atoms with E-state index in [1.165, 1.54) is 0 Å². The van der Waals surface area contributed by atoms with Crippen molar-refractivity contribution in [1.82, 2.24) is 10.3 Å². The molecule has 0 spiro atoms. The van der Waals surface area contributed by atoms with Crippen LogP contribution in [0.1, 0.15) is 41.9 Å². The van der Waals surface area contributed by atoms with E-state index in [1.807, 2.05) is 33.8 Å². The van der Waals surface area contributed by atoms with E-state index >= 15 is 0 Å². The molecule has 2 nitrogen and oxygen atoms in total. The van der Waals surface area contributed by atoms with Crippen LogP contribution in [0, 0.1) is 20.8 Å². The van der Waals surface area contributed by atoms with Crippen LogP contribution in [0.3, 0.4) is 0 Å². The van der Waals surface area contributed by atoms with Gasteiger partial charge >= 0.3 is 6.18 Å². The van der Waals surface area contributed by atoms with Crippen LogP contribution in [-0.4, -0.2) is 17.7 Å². The lowest BCUT2D eigenvalue weighted by Gasteiger charge is -2.19. The van der Waals surface area contributed by atoms with Gasteiger partial charge < -0.3 is 5.32 Å². The van der Waals surface area contributed by atoms with Crippen LogP contribution in [0.5, 0.6) is 0 Å². The standard InChI is InChI=1S/C13H19F3N2/c1-8-7-9(2)18-11(4)12(8)10(3)17-6-5-13(14,15)16/h7,10,17H,5-6H2,1-4H3. The lowest BCUT2D eigenvalue weighted by molar-refractivity contribution is -0.133. The largest absolute Gasteiger partial charge is 0.390 e. The van der Waals surface area contributed by atoms with E-state index < -0.39 is 12.6 Å². The van der Waals surface area contributed by atoms with Crippen molar-refractivity contribution >= 4 is 0 Å². The summed E-state index contributed by atoms with van der Waals surface area (Å²) in [6.45, 7) is 7.54. The van der Waals surface area contributed by atoms with E-state index in [0.29, 0.717) is 0 Å². The zero-order chi connectivity index (χ0) is 13.9. The summed E-state index contributed by atoms with van der Waals surface area (Å²) in [7, 11) is 0. The normalized spacial score (nSPS) is 13.7. The Morgan fingerprint density at radius 2 is 1.89 bits per heavy atom. The Morgan fingerprint density at radius 1 is 1.28 bits per heavy atom. The highest BCUT2D eigenvalue weighted by Gasteiger charge is 2.26. The van der Waals surface area contributed by atoms with Crippen molar-refractivity contribution in [3.05, 3.63) is 28.6 Å². The van der Waals surface area contributed by atoms with Gasteiger partial charge in [0.1, 0.15) is 0 Å². The third-order valence-corrected chi connectivity index (χ3v) is 2.88. The van der Waals surface area contributed by atoms with Gasteiger partial charge in [-0.25, -0.2) is 0 Å². The monoisotopic (exact) mass is 260 g/mol. The zero-order valence-electron chi connectivity index (χ0n) is 11.2. The number of rotatable bonds is 4. The predicted octanol–water partition coefficient (Wildman–Crippen LogP) is 3.61. The molecule has 0 radical (unpaired) electrons. The van der Waals surface area contributed by atoms with Crippen molar-refractivity contribution < 1.29 is 13.2 Å². The Bertz CT molecular complexity index is 390. The van der Waals surface area contributed by atoms with Gasteiger partial charge in [-0.1, -0.05) is 0 Å². The first kappa shape index (κ1) is 15.0. The van der Waals surface area contributed by atoms with Crippen molar-refractivity contribution in [2.24, 2.45) is 0 Å². The van der Waals surface area contributed by atoms with E-state index in [1.54, 1.807) is 0 Å². The Kier molecular flexibility index (Phi) is 4.73. The number of nitrogens with zero attached hydrogens (tertiary/aromatic N) is 1. The highest BCUT2D eigenvalue weighted by atomic mass is 19.4. The lowest BCUT2D eigenvalue weighted by Crippen LogP contribution is -2.25. The average molecular weight is 260 g/mol. The van der Waals surface area contributed by atoms with E-state index in [-0.39, 0.29) is 12.6 Å². The number of nitrogens with one attached hydrogen (secondary N) is 1. The third-order valence-electron chi connectivity index (χ3n) is 2.88. The van der Waals surface area contributed by atoms with E-state index in [2.05, 4.69) is 10.3 Å². The summed E-state index contributed by atoms with van der Waals surface area (Å²) in [5.74, 6) is 0. The third kappa shape index (κ3) is 4.29. The van der Waals surface area contributed by atoms with Crippen molar-refractivity contribution in [2.45, 2.75) is 46.3 Å². The molecule has 0 saturated carbocycles. The number of alkyl halides is 3. The molecule has 0 aliphatic heterocycles. The second kappa shape index (κ2) is 5.69. The molecule has 1 heterocycles. The van der Waals surface area contributed by atoms with Crippen LogP contribution in [0.4, 0.5) is 13.2 Å². The Hall–Kier alpha value is -1.10. The van der Waals surface area contributed by atoms with Gasteiger partial charge in [-0.2, -0.15) is 13.2 Å². The first-order valence-electron chi connectivity index (χ1n) is 5.95. The zero-order valence-corrected chi connectivity index (χ0v) is 11.2. The van der Waals surface area contributed by atoms with Gasteiger partial charge in [-0.05, 0) is 44.9 Å². The van der Waals surface area contributed by atoms with Crippen molar-refractivity contribution in [2.75, 3.05) is 6.54 Å². The van der Waals surface area contributed by atoms with Crippen LogP contribution in [-0.2, 0) is 0 Å². The smallest absolute Gasteiger partial charge is 0.310 e. The summed E-state index contributed by atoms with van der Waals surface area (Å²) in [5.41, 5.74) is 3.85. The molecule has 0 bridgehead atoms. The molecule has 5 heteroatoms. The molecule has 18 heavy (non-hydrogen) atoms. The van der Waals surface area contributed by atoms with E-state index in [9.17, 15) is 13.2 Å². The molecule has 0 saturated heterocycles. The lowest BCUT2D eigenvalue weighted by atomic mass is 10.0. The Morgan fingerprint density at radius 3 is 2.39 bits per heavy atom. The van der Waals surface area contributed by atoms with Crippen LogP contribution in [0.15, 0.2) is 6.07 Å². The number of aryl methyl sites for hydroxylation is 3. The molecule has 0 aliphatic rings. The number of hydrogen-bond donors (Lipinski definition) is 1. The summed E-state index contributed by atoms with van der Waals surface area (Å²) >= 11 is 0. The van der Waals surface area contributed by atoms with Crippen LogP contribution >= 0.6 is 0 Å². The van der Waals surface area contributed by atoms with Gasteiger partial charge in [0.25, 0.3) is 0 Å². The summed E-state index contributed by atoms with van der Waals surface area (Å²) < 4.78 is 36.2. The minimum Gasteiger partial charge on any atom is -0.310 e. The average Bonchev–Trinajstić information content (AvgIpc) is 2.13. The molecule has 1 rings (SSSR count). The van der Waals surface area contributed by atoms with E-state index in [0.717, 1.165) is 22.5 Å². The molecule has 0 aliphatic carbocycles. The Labute approximate surface area is 106 Å². The molecule has 1 N–H and O–H groups in total. The highest BCUT2D eigenvalue weighted by Crippen LogP contribution is 2.23. The maximum absolute atomic E-state index is 12.1. The number of aromatic nitrogens is 1. The Balaban J connectivity index is 2.70. The minimum atomic E-state index is -4.11. The van der Waals surface area contributed by atoms with Gasteiger partial charge in [0.05, 0.1) is 6.42 Å². The maximum Gasteiger partial charge on any atom is 0.390 e. The number of halogens is 3. The molecular formula is C13H19F3N2. The topological polar surface area (TPSA) is 24.9 Å². The van der Waals surface area contributed by atoms with Crippen molar-refractivity contribution in [3.63, 3.8) is 0 Å². The van der Waals surface area contributed by atoms with Crippen molar-refractivity contribution in [3.8, 4) is 0 Å². The SMILES string of the molecule is Cc1cc(C)c(C(C)NCCC(F)(F)F)c(C)n1. The van der Waals surface area contributed by atoms with Crippen LogP contribution < -0.4 is 5.32 Å². The summed E-state index contributed by atoms with van der Waals surface area (Å²) in [6.07, 6.45) is -4.92. The molecule has 1 unspecified atom stereocenters. The molecule has 102 valence electrons. The van der Waals surface area contributed by atoms with E-state index in [4.69, 9.17) is 0 Å². The predicted molar refractivity (Wildman–Crippen MR) is 65.5 cm³/mol. The molecular weight excluding hydrogens is 241 g/mol. The fourth-order valence-corrected chi connectivity index (χ4v) is 2.22. The summed E-state index contributed by atoms with van der Waals surface area (Å²) in [5, 5.41) is 2.90. The molecule has 1 aromatic rings. The van der Waals surface area contributed by atoms with Crippen LogP contribution in [0.2, 0.25) is 0 Å². The fourth-order valence-electron chi connectivity index (χ4n) is 2.22. The van der Waals surface area contributed by atoms with Gasteiger partial charge in [0.15, 0.2) is 0 Å². The first-order valence-corrected chi connectivity index (χ1v) is 5.95. The minimum absolute atomic E-state index is 0.0720. The number of pyridine rings is 1. The molecule has 0 aromatic carbocycles. The molecule has 1 atom stereocenters. The molecule has 1 aromatic heterocycles. The quantitative estimate of drug-likeness (QED) is 0.894. The second-order valence-corrected chi connectivity index (χ2v) is 4.62. The van der Waals surface area contributed by atoms with Gasteiger partial charge in [0.2, 0.25) is 0 Å².